The minimum atomic E-state index is 0.0901. The van der Waals surface area contributed by atoms with Gasteiger partial charge in [0.05, 0.1) is 5.69 Å². The molecule has 2 heterocycles. The van der Waals surface area contributed by atoms with Crippen LogP contribution in [0.4, 0.5) is 0 Å². The Morgan fingerprint density at radius 3 is 2.86 bits per heavy atom. The molecule has 1 atom stereocenters. The summed E-state index contributed by atoms with van der Waals surface area (Å²) in [6.45, 7) is 3.26. The van der Waals surface area contributed by atoms with Crippen LogP contribution in [-0.2, 0) is 0 Å². The third kappa shape index (κ3) is 2.91. The minimum Gasteiger partial charge on any atom is -0.334 e. The van der Waals surface area contributed by atoms with Crippen LogP contribution < -0.4 is 5.73 Å². The number of hydrogen-bond acceptors (Lipinski definition) is 4. The van der Waals surface area contributed by atoms with Crippen molar-refractivity contribution in [2.24, 2.45) is 5.73 Å². The third-order valence-electron chi connectivity index (χ3n) is 4.17. The molecule has 1 aliphatic rings. The first-order chi connectivity index (χ1) is 10.7. The lowest BCUT2D eigenvalue weighted by Crippen LogP contribution is -2.47. The molecule has 1 amide bonds. The second-order valence-electron chi connectivity index (χ2n) is 5.68. The number of piperidine rings is 1. The van der Waals surface area contributed by atoms with Crippen molar-refractivity contribution in [3.05, 3.63) is 40.9 Å². The molecule has 0 bridgehead atoms. The van der Waals surface area contributed by atoms with Crippen molar-refractivity contribution >= 4 is 17.2 Å². The zero-order chi connectivity index (χ0) is 15.5. The summed E-state index contributed by atoms with van der Waals surface area (Å²) in [4.78, 5) is 20.2. The molecule has 3 rings (SSSR count). The van der Waals surface area contributed by atoms with E-state index in [9.17, 15) is 4.79 Å². The van der Waals surface area contributed by atoms with E-state index < -0.39 is 0 Å². The molecular formula is C17H21N3OS. The van der Waals surface area contributed by atoms with Gasteiger partial charge in [0.2, 0.25) is 0 Å². The summed E-state index contributed by atoms with van der Waals surface area (Å²) in [5, 5.41) is 0.905. The Kier molecular flexibility index (Phi) is 4.55. The molecule has 1 aromatic carbocycles. The number of thiazole rings is 1. The maximum Gasteiger partial charge on any atom is 0.266 e. The molecule has 116 valence electrons. The van der Waals surface area contributed by atoms with Gasteiger partial charge in [-0.15, -0.1) is 11.3 Å². The highest BCUT2D eigenvalue weighted by molar-refractivity contribution is 7.17. The Labute approximate surface area is 135 Å². The second kappa shape index (κ2) is 6.58. The Hall–Kier alpha value is -1.72. The number of rotatable bonds is 3. The van der Waals surface area contributed by atoms with Gasteiger partial charge in [0.1, 0.15) is 9.88 Å². The van der Waals surface area contributed by atoms with Crippen LogP contribution in [0.1, 0.15) is 34.6 Å². The molecule has 2 aromatic rings. The molecule has 4 nitrogen and oxygen atoms in total. The predicted molar refractivity (Wildman–Crippen MR) is 90.0 cm³/mol. The topological polar surface area (TPSA) is 59.2 Å². The van der Waals surface area contributed by atoms with Crippen LogP contribution in [-0.4, -0.2) is 34.9 Å². The van der Waals surface area contributed by atoms with Crippen LogP contribution in [0.25, 0.3) is 10.6 Å². The van der Waals surface area contributed by atoms with Crippen molar-refractivity contribution < 1.29 is 4.79 Å². The summed E-state index contributed by atoms with van der Waals surface area (Å²) < 4.78 is 0. The van der Waals surface area contributed by atoms with E-state index >= 15 is 0 Å². The molecule has 0 saturated carbocycles. The summed E-state index contributed by atoms with van der Waals surface area (Å²) >= 11 is 1.48. The maximum absolute atomic E-state index is 12.9. The first kappa shape index (κ1) is 15.2. The van der Waals surface area contributed by atoms with E-state index in [-0.39, 0.29) is 11.9 Å². The average Bonchev–Trinajstić information content (AvgIpc) is 2.97. The molecule has 1 aromatic heterocycles. The molecule has 5 heteroatoms. The highest BCUT2D eigenvalue weighted by Crippen LogP contribution is 2.30. The maximum atomic E-state index is 12.9. The van der Waals surface area contributed by atoms with Gasteiger partial charge in [-0.25, -0.2) is 4.98 Å². The van der Waals surface area contributed by atoms with Crippen molar-refractivity contribution in [3.8, 4) is 10.6 Å². The van der Waals surface area contributed by atoms with Gasteiger partial charge in [0.25, 0.3) is 5.91 Å². The fraction of sp³-hybridized carbons (Fsp3) is 0.412. The summed E-state index contributed by atoms with van der Waals surface area (Å²) in [6.07, 6.45) is 3.22. The number of likely N-dealkylation sites (tertiary alicyclic amines) is 1. The molecule has 0 spiro atoms. The van der Waals surface area contributed by atoms with E-state index in [0.717, 1.165) is 46.9 Å². The number of aryl methyl sites for hydroxylation is 1. The molecule has 22 heavy (non-hydrogen) atoms. The lowest BCUT2D eigenvalue weighted by molar-refractivity contribution is 0.0627. The molecule has 1 fully saturated rings. The lowest BCUT2D eigenvalue weighted by Gasteiger charge is -2.34. The lowest BCUT2D eigenvalue weighted by atomic mass is 10.0. The smallest absolute Gasteiger partial charge is 0.266 e. The van der Waals surface area contributed by atoms with E-state index in [2.05, 4.69) is 4.98 Å². The molecule has 0 radical (unpaired) electrons. The standard InChI is InChI=1S/C17H21N3OS/c1-12-15(17(21)20-10-6-5-9-14(20)11-18)22-16(19-12)13-7-3-2-4-8-13/h2-4,7-8,14H,5-6,9-11,18H2,1H3. The largest absolute Gasteiger partial charge is 0.334 e. The van der Waals surface area contributed by atoms with E-state index in [4.69, 9.17) is 5.73 Å². The van der Waals surface area contributed by atoms with Crippen LogP contribution in [0, 0.1) is 6.92 Å². The first-order valence-electron chi connectivity index (χ1n) is 7.74. The van der Waals surface area contributed by atoms with Crippen molar-refractivity contribution in [1.29, 1.82) is 0 Å². The first-order valence-corrected chi connectivity index (χ1v) is 8.56. The Morgan fingerprint density at radius 2 is 2.14 bits per heavy atom. The van der Waals surface area contributed by atoms with E-state index in [1.807, 2.05) is 42.2 Å². The van der Waals surface area contributed by atoms with Crippen LogP contribution in [0.5, 0.6) is 0 Å². The molecular weight excluding hydrogens is 294 g/mol. The van der Waals surface area contributed by atoms with Gasteiger partial charge in [-0.1, -0.05) is 30.3 Å². The number of carbonyl (C=O) groups is 1. The SMILES string of the molecule is Cc1nc(-c2ccccc2)sc1C(=O)N1CCCCC1CN. The molecule has 2 N–H and O–H groups in total. The summed E-state index contributed by atoms with van der Waals surface area (Å²) in [5.41, 5.74) is 7.71. The molecule has 1 aliphatic heterocycles. The van der Waals surface area contributed by atoms with Crippen LogP contribution in [0.3, 0.4) is 0 Å². The van der Waals surface area contributed by atoms with Crippen molar-refractivity contribution in [1.82, 2.24) is 9.88 Å². The van der Waals surface area contributed by atoms with Gasteiger partial charge < -0.3 is 10.6 Å². The molecule has 1 unspecified atom stereocenters. The van der Waals surface area contributed by atoms with Crippen LogP contribution in [0.2, 0.25) is 0 Å². The van der Waals surface area contributed by atoms with Crippen molar-refractivity contribution in [2.75, 3.05) is 13.1 Å². The highest BCUT2D eigenvalue weighted by Gasteiger charge is 2.29. The Bertz CT molecular complexity index is 653. The zero-order valence-electron chi connectivity index (χ0n) is 12.8. The van der Waals surface area contributed by atoms with E-state index in [1.54, 1.807) is 0 Å². The quantitative estimate of drug-likeness (QED) is 0.947. The van der Waals surface area contributed by atoms with Gasteiger partial charge in [-0.05, 0) is 26.2 Å². The Morgan fingerprint density at radius 1 is 1.36 bits per heavy atom. The normalized spacial score (nSPS) is 18.5. The predicted octanol–water partition coefficient (Wildman–Crippen LogP) is 3.07. The zero-order valence-corrected chi connectivity index (χ0v) is 13.6. The van der Waals surface area contributed by atoms with Crippen molar-refractivity contribution in [3.63, 3.8) is 0 Å². The number of aromatic nitrogens is 1. The summed E-state index contributed by atoms with van der Waals surface area (Å²) in [6, 6.07) is 10.2. The monoisotopic (exact) mass is 315 g/mol. The van der Waals surface area contributed by atoms with Gasteiger partial charge in [-0.3, -0.25) is 4.79 Å². The van der Waals surface area contributed by atoms with Crippen LogP contribution in [0.15, 0.2) is 30.3 Å². The number of amides is 1. The van der Waals surface area contributed by atoms with Gasteiger partial charge in [0, 0.05) is 24.7 Å². The van der Waals surface area contributed by atoms with E-state index in [1.165, 1.54) is 11.3 Å². The fourth-order valence-electron chi connectivity index (χ4n) is 2.94. The summed E-state index contributed by atoms with van der Waals surface area (Å²) in [5.74, 6) is 0.0901. The Balaban J connectivity index is 1.88. The fourth-order valence-corrected chi connectivity index (χ4v) is 3.97. The number of benzene rings is 1. The van der Waals surface area contributed by atoms with E-state index in [0.29, 0.717) is 6.54 Å². The summed E-state index contributed by atoms with van der Waals surface area (Å²) in [7, 11) is 0. The van der Waals surface area contributed by atoms with Crippen molar-refractivity contribution in [2.45, 2.75) is 32.2 Å². The second-order valence-corrected chi connectivity index (χ2v) is 6.68. The number of carbonyl (C=O) groups excluding carboxylic acids is 1. The molecule has 0 aliphatic carbocycles. The van der Waals surface area contributed by atoms with Crippen LogP contribution >= 0.6 is 11.3 Å². The van der Waals surface area contributed by atoms with Gasteiger partial charge >= 0.3 is 0 Å². The number of nitrogens with two attached hydrogens (primary N) is 1. The highest BCUT2D eigenvalue weighted by atomic mass is 32.1. The van der Waals surface area contributed by atoms with Gasteiger partial charge in [-0.2, -0.15) is 0 Å². The minimum absolute atomic E-state index is 0.0901. The van der Waals surface area contributed by atoms with Gasteiger partial charge in [0.15, 0.2) is 0 Å². The average molecular weight is 315 g/mol. The number of nitrogens with zero attached hydrogens (tertiary/aromatic N) is 2. The number of hydrogen-bond donors (Lipinski definition) is 1. The molecule has 1 saturated heterocycles. The third-order valence-corrected chi connectivity index (χ3v) is 5.37.